The molecule has 0 bridgehead atoms. The molecule has 0 rings (SSSR count). The maximum Gasteiger partial charge on any atom is 1.00 e. The Morgan fingerprint density at radius 2 is 1.20 bits per heavy atom. The summed E-state index contributed by atoms with van der Waals surface area (Å²) < 4.78 is 1.92. The summed E-state index contributed by atoms with van der Waals surface area (Å²) in [5.41, 5.74) is 0. The van der Waals surface area contributed by atoms with Crippen LogP contribution in [0.25, 0.3) is 0 Å². The topological polar surface area (TPSA) is 30.0 Å². The van der Waals surface area contributed by atoms with Crippen LogP contribution in [0.4, 0.5) is 0 Å². The van der Waals surface area contributed by atoms with Gasteiger partial charge in [-0.1, -0.05) is 0 Å². The maximum absolute atomic E-state index is 3.96. The molecule has 0 aliphatic heterocycles. The largest absolute Gasteiger partial charge is 1.00 e. The van der Waals surface area contributed by atoms with Gasteiger partial charge in [0.15, 0.2) is 0 Å². The number of thiocarbonyl (C=S) groups is 2. The van der Waals surface area contributed by atoms with Gasteiger partial charge in [-0.3, -0.25) is 0 Å². The average molecular weight is 116 g/mol. The minimum atomic E-state index is 0. The summed E-state index contributed by atoms with van der Waals surface area (Å²) in [5, 5.41) is 0. The first-order chi connectivity index (χ1) is 1.41. The van der Waals surface area contributed by atoms with Crippen LogP contribution < -0.4 is 29.6 Å². The van der Waals surface area contributed by atoms with Gasteiger partial charge in [0, 0.05) is 4.31 Å². The minimum Gasteiger partial charge on any atom is -0.870 e. The summed E-state index contributed by atoms with van der Waals surface area (Å²) >= 11 is 7.92. The van der Waals surface area contributed by atoms with Gasteiger partial charge in [-0.25, -0.2) is 0 Å². The van der Waals surface area contributed by atoms with E-state index in [0.717, 1.165) is 0 Å². The van der Waals surface area contributed by atoms with E-state index in [1.165, 1.54) is 0 Å². The predicted molar refractivity (Wildman–Crippen MR) is 22.1 cm³/mol. The second-order valence-corrected chi connectivity index (χ2v) is 0.750. The van der Waals surface area contributed by atoms with Crippen LogP contribution in [0.2, 0.25) is 0 Å². The molecule has 0 saturated heterocycles. The third-order valence-corrected chi connectivity index (χ3v) is 0. The molecule has 24 valence electrons. The van der Waals surface area contributed by atoms with Gasteiger partial charge in [0.05, 0.1) is 0 Å². The van der Waals surface area contributed by atoms with Crippen molar-refractivity contribution in [1.82, 2.24) is 0 Å². The molecule has 0 amide bonds. The molecule has 0 fully saturated rings. The molecule has 4 heteroatoms. The van der Waals surface area contributed by atoms with Crippen LogP contribution in [-0.4, -0.2) is 9.79 Å². The molecule has 0 saturated carbocycles. The number of hydrogen-bond donors (Lipinski definition) is 0. The zero-order chi connectivity index (χ0) is 2.71. The molecule has 0 aromatic heterocycles. The van der Waals surface area contributed by atoms with Gasteiger partial charge in [0.25, 0.3) is 0 Å². The molecular weight excluding hydrogens is 115 g/mol. The standard InChI is InChI=1S/CS2.Na.H2O/c2-1-3;;/h;;1H2/q;+1;/p-1. The van der Waals surface area contributed by atoms with E-state index in [1.54, 1.807) is 0 Å². The van der Waals surface area contributed by atoms with Crippen molar-refractivity contribution in [3.8, 4) is 0 Å². The zero-order valence-corrected chi connectivity index (χ0v) is 6.40. The summed E-state index contributed by atoms with van der Waals surface area (Å²) in [6.07, 6.45) is 0. The quantitative estimate of drug-likeness (QED) is 0.267. The zero-order valence-electron chi connectivity index (χ0n) is 2.76. The van der Waals surface area contributed by atoms with Gasteiger partial charge in [0.1, 0.15) is 0 Å². The fourth-order valence-corrected chi connectivity index (χ4v) is 0. The van der Waals surface area contributed by atoms with Gasteiger partial charge >= 0.3 is 29.6 Å². The molecule has 5 heavy (non-hydrogen) atoms. The van der Waals surface area contributed by atoms with Crippen LogP contribution in [0.3, 0.4) is 0 Å². The van der Waals surface area contributed by atoms with Crippen LogP contribution in [0.15, 0.2) is 0 Å². The number of hydrogen-bond acceptors (Lipinski definition) is 3. The smallest absolute Gasteiger partial charge is 0.870 e. The van der Waals surface area contributed by atoms with Crippen LogP contribution >= 0.6 is 24.4 Å². The van der Waals surface area contributed by atoms with Crippen molar-refractivity contribution >= 4 is 28.7 Å². The summed E-state index contributed by atoms with van der Waals surface area (Å²) in [6.45, 7) is 0. The molecule has 0 atom stereocenters. The maximum atomic E-state index is 3.96. The van der Waals surface area contributed by atoms with E-state index in [-0.39, 0.29) is 35.0 Å². The SMILES string of the molecule is S=C=S.[Na+].[OH-]. The van der Waals surface area contributed by atoms with E-state index in [0.29, 0.717) is 0 Å². The molecule has 0 aromatic carbocycles. The molecule has 1 N–H and O–H groups in total. The molecular formula is CHNaOS2. The monoisotopic (exact) mass is 116 g/mol. The Bertz CT molecular complexity index is 30.6. The van der Waals surface area contributed by atoms with Gasteiger partial charge in [-0.2, -0.15) is 0 Å². The van der Waals surface area contributed by atoms with E-state index in [2.05, 4.69) is 24.4 Å². The van der Waals surface area contributed by atoms with E-state index in [9.17, 15) is 0 Å². The summed E-state index contributed by atoms with van der Waals surface area (Å²) in [6, 6.07) is 0. The first-order valence-corrected chi connectivity index (χ1v) is 1.22. The third kappa shape index (κ3) is 37.6. The van der Waals surface area contributed by atoms with Gasteiger partial charge in [0.2, 0.25) is 0 Å². The molecule has 0 aromatic rings. The molecule has 0 heterocycles. The van der Waals surface area contributed by atoms with Gasteiger partial charge in [-0.15, -0.1) is 0 Å². The Kier molecular flexibility index (Phi) is 62.5. The Hall–Kier alpha value is 1.18. The predicted octanol–water partition coefficient (Wildman–Crippen LogP) is -2.15. The molecule has 1 nitrogen and oxygen atoms in total. The van der Waals surface area contributed by atoms with Crippen LogP contribution in [0.5, 0.6) is 0 Å². The fourth-order valence-electron chi connectivity index (χ4n) is 0. The van der Waals surface area contributed by atoms with Crippen molar-refractivity contribution in [2.75, 3.05) is 0 Å². The minimum absolute atomic E-state index is 0. The van der Waals surface area contributed by atoms with Crippen molar-refractivity contribution in [3.63, 3.8) is 0 Å². The molecule has 0 radical (unpaired) electrons. The van der Waals surface area contributed by atoms with Crippen LogP contribution in [0, 0.1) is 0 Å². The third-order valence-electron chi connectivity index (χ3n) is 0. The summed E-state index contributed by atoms with van der Waals surface area (Å²) in [7, 11) is 0. The second-order valence-electron chi connectivity index (χ2n) is 0.0833. The summed E-state index contributed by atoms with van der Waals surface area (Å²) in [4.78, 5) is 0. The Balaban J connectivity index is -0.0000000200. The molecule has 0 unspecified atom stereocenters. The van der Waals surface area contributed by atoms with E-state index >= 15 is 0 Å². The Morgan fingerprint density at radius 1 is 1.20 bits per heavy atom. The first-order valence-electron chi connectivity index (χ1n) is 0.408. The van der Waals surface area contributed by atoms with Crippen molar-refractivity contribution in [1.29, 1.82) is 0 Å². The fraction of sp³-hybridized carbons (Fsp3) is 0. The summed E-state index contributed by atoms with van der Waals surface area (Å²) in [5.74, 6) is 0. The Labute approximate surface area is 63.4 Å². The van der Waals surface area contributed by atoms with Crippen molar-refractivity contribution < 1.29 is 35.0 Å². The average Bonchev–Trinajstić information content (AvgIpc) is 0.918. The molecule has 0 spiro atoms. The number of rotatable bonds is 0. The first kappa shape index (κ1) is 16.4. The molecule has 0 aliphatic carbocycles. The van der Waals surface area contributed by atoms with E-state index in [1.807, 2.05) is 4.31 Å². The van der Waals surface area contributed by atoms with Gasteiger partial charge in [-0.05, 0) is 24.4 Å². The van der Waals surface area contributed by atoms with Gasteiger partial charge < -0.3 is 5.48 Å². The molecule has 0 aliphatic rings. The van der Waals surface area contributed by atoms with Crippen molar-refractivity contribution in [2.45, 2.75) is 0 Å². The normalized spacial score (nSPS) is 1.60. The van der Waals surface area contributed by atoms with Crippen molar-refractivity contribution in [3.05, 3.63) is 0 Å². The van der Waals surface area contributed by atoms with Crippen LogP contribution in [-0.2, 0) is 0 Å². The Morgan fingerprint density at radius 3 is 1.20 bits per heavy atom. The van der Waals surface area contributed by atoms with E-state index in [4.69, 9.17) is 0 Å². The van der Waals surface area contributed by atoms with Crippen molar-refractivity contribution in [2.24, 2.45) is 0 Å². The second kappa shape index (κ2) is 19.0. The van der Waals surface area contributed by atoms with E-state index < -0.39 is 0 Å². The van der Waals surface area contributed by atoms with Crippen LogP contribution in [0.1, 0.15) is 0 Å².